The number of carbonyl (C=O) groups is 2. The second-order valence-electron chi connectivity index (χ2n) is 7.81. The smallest absolute Gasteiger partial charge is 0.300 e. The minimum Gasteiger partial charge on any atom is -0.507 e. The lowest BCUT2D eigenvalue weighted by molar-refractivity contribution is -0.132. The van der Waals surface area contributed by atoms with Crippen LogP contribution in [0.15, 0.2) is 76.8 Å². The number of anilines is 1. The zero-order valence-corrected chi connectivity index (χ0v) is 20.6. The average Bonchev–Trinajstić information content (AvgIpc) is 3.09. The molecule has 4 rings (SSSR count). The summed E-state index contributed by atoms with van der Waals surface area (Å²) in [5, 5.41) is 11.3. The predicted octanol–water partition coefficient (Wildman–Crippen LogP) is 5.79. The number of benzene rings is 3. The van der Waals surface area contributed by atoms with E-state index >= 15 is 0 Å². The lowest BCUT2D eigenvalue weighted by atomic mass is 9.92. The Labute approximate surface area is 206 Å². The molecule has 1 amide bonds. The van der Waals surface area contributed by atoms with E-state index in [0.717, 1.165) is 11.1 Å². The largest absolute Gasteiger partial charge is 0.507 e. The third-order valence-corrected chi connectivity index (χ3v) is 6.38. The minimum atomic E-state index is -0.807. The Morgan fingerprint density at radius 2 is 1.82 bits per heavy atom. The number of methoxy groups -OCH3 is 1. The molecule has 3 aromatic carbocycles. The zero-order chi connectivity index (χ0) is 24.4. The molecule has 3 aromatic rings. The number of rotatable bonds is 6. The fourth-order valence-electron chi connectivity index (χ4n) is 4.15. The summed E-state index contributed by atoms with van der Waals surface area (Å²) in [6.07, 6.45) is 0. The Kier molecular flexibility index (Phi) is 6.75. The van der Waals surface area contributed by atoms with Crippen molar-refractivity contribution >= 4 is 39.1 Å². The number of aliphatic hydroxyl groups is 1. The average molecular weight is 522 g/mol. The van der Waals surface area contributed by atoms with Crippen molar-refractivity contribution in [2.45, 2.75) is 19.9 Å². The molecule has 1 fully saturated rings. The molecule has 0 saturated carbocycles. The van der Waals surface area contributed by atoms with Gasteiger partial charge in [-0.1, -0.05) is 30.3 Å². The van der Waals surface area contributed by atoms with Crippen LogP contribution in [-0.2, 0) is 9.59 Å². The fourth-order valence-corrected chi connectivity index (χ4v) is 4.69. The summed E-state index contributed by atoms with van der Waals surface area (Å²) in [5.74, 6) is -0.543. The van der Waals surface area contributed by atoms with Crippen LogP contribution in [0.2, 0.25) is 0 Å². The molecule has 7 heteroatoms. The quantitative estimate of drug-likeness (QED) is 0.252. The molecule has 1 N–H and O–H groups in total. The van der Waals surface area contributed by atoms with E-state index < -0.39 is 17.7 Å². The number of halogens is 1. The molecule has 0 radical (unpaired) electrons. The highest BCUT2D eigenvalue weighted by molar-refractivity contribution is 9.10. The maximum Gasteiger partial charge on any atom is 0.300 e. The highest BCUT2D eigenvalue weighted by atomic mass is 79.9. The molecule has 0 aromatic heterocycles. The molecular weight excluding hydrogens is 498 g/mol. The summed E-state index contributed by atoms with van der Waals surface area (Å²) in [5.41, 5.74) is 2.57. The molecule has 1 heterocycles. The highest BCUT2D eigenvalue weighted by Gasteiger charge is 2.47. The molecule has 6 nitrogen and oxygen atoms in total. The van der Waals surface area contributed by atoms with Crippen LogP contribution in [0.25, 0.3) is 5.76 Å². The van der Waals surface area contributed by atoms with Crippen molar-refractivity contribution in [3.8, 4) is 11.5 Å². The number of hydrogen-bond acceptors (Lipinski definition) is 5. The Balaban J connectivity index is 1.94. The van der Waals surface area contributed by atoms with E-state index in [4.69, 9.17) is 9.47 Å². The first-order valence-corrected chi connectivity index (χ1v) is 11.6. The van der Waals surface area contributed by atoms with Crippen LogP contribution in [0.4, 0.5) is 5.69 Å². The van der Waals surface area contributed by atoms with E-state index in [0.29, 0.717) is 33.8 Å². The van der Waals surface area contributed by atoms with Gasteiger partial charge in [0.15, 0.2) is 0 Å². The highest BCUT2D eigenvalue weighted by Crippen LogP contribution is 2.44. The number of carbonyl (C=O) groups excluding carboxylic acids is 2. The Morgan fingerprint density at radius 3 is 2.50 bits per heavy atom. The van der Waals surface area contributed by atoms with Crippen LogP contribution >= 0.6 is 15.9 Å². The maximum atomic E-state index is 13.3. The van der Waals surface area contributed by atoms with Crippen LogP contribution in [0.5, 0.6) is 11.5 Å². The Bertz CT molecular complexity index is 1300. The van der Waals surface area contributed by atoms with Gasteiger partial charge in [-0.25, -0.2) is 0 Å². The van der Waals surface area contributed by atoms with E-state index in [9.17, 15) is 14.7 Å². The molecule has 174 valence electrons. The van der Waals surface area contributed by atoms with E-state index in [1.807, 2.05) is 38.1 Å². The number of aliphatic hydroxyl groups excluding tert-OH is 1. The van der Waals surface area contributed by atoms with E-state index in [-0.39, 0.29) is 11.3 Å². The number of aryl methyl sites for hydroxylation is 1. The van der Waals surface area contributed by atoms with Gasteiger partial charge in [0.25, 0.3) is 11.7 Å². The van der Waals surface area contributed by atoms with Gasteiger partial charge in [0, 0.05) is 17.3 Å². The van der Waals surface area contributed by atoms with Gasteiger partial charge in [-0.15, -0.1) is 0 Å². The van der Waals surface area contributed by atoms with Gasteiger partial charge in [-0.05, 0) is 71.2 Å². The Hall–Kier alpha value is -3.58. The summed E-state index contributed by atoms with van der Waals surface area (Å²) in [7, 11) is 1.54. The van der Waals surface area contributed by atoms with Crippen molar-refractivity contribution < 1.29 is 24.2 Å². The van der Waals surface area contributed by atoms with Gasteiger partial charge in [0.1, 0.15) is 17.3 Å². The minimum absolute atomic E-state index is 0.0261. The summed E-state index contributed by atoms with van der Waals surface area (Å²) in [6.45, 7) is 4.26. The first-order valence-electron chi connectivity index (χ1n) is 10.8. The van der Waals surface area contributed by atoms with Crippen LogP contribution in [0.1, 0.15) is 29.7 Å². The SMILES string of the molecule is CCOc1cccc(N2C(=O)C(=O)/C(=C(/O)c3ccc(OC)c(Br)c3)C2c2ccccc2C)c1. The number of ether oxygens (including phenoxy) is 2. The van der Waals surface area contributed by atoms with Gasteiger partial charge in [-0.2, -0.15) is 0 Å². The van der Waals surface area contributed by atoms with Gasteiger partial charge >= 0.3 is 0 Å². The molecule has 0 spiro atoms. The fraction of sp³-hybridized carbons (Fsp3) is 0.185. The lowest BCUT2D eigenvalue weighted by Crippen LogP contribution is -2.29. The third-order valence-electron chi connectivity index (χ3n) is 5.76. The van der Waals surface area contributed by atoms with Gasteiger partial charge in [0.05, 0.1) is 29.8 Å². The normalized spacial score (nSPS) is 17.2. The first kappa shape index (κ1) is 23.6. The predicted molar refractivity (Wildman–Crippen MR) is 134 cm³/mol. The van der Waals surface area contributed by atoms with E-state index in [2.05, 4.69) is 15.9 Å². The summed E-state index contributed by atoms with van der Waals surface area (Å²) < 4.78 is 11.5. The van der Waals surface area contributed by atoms with Crippen molar-refractivity contribution in [2.75, 3.05) is 18.6 Å². The van der Waals surface area contributed by atoms with Crippen molar-refractivity contribution in [2.24, 2.45) is 0 Å². The standard InChI is InChI=1S/C27H24BrNO5/c1-4-34-19-10-7-9-18(15-19)29-24(20-11-6-5-8-16(20)2)23(26(31)27(29)32)25(30)17-12-13-22(33-3)21(28)14-17/h5-15,24,30H,4H2,1-3H3/b25-23+. The van der Waals surface area contributed by atoms with Gasteiger partial charge in [0.2, 0.25) is 0 Å². The first-order chi connectivity index (χ1) is 16.4. The maximum absolute atomic E-state index is 13.3. The topological polar surface area (TPSA) is 76.1 Å². The van der Waals surface area contributed by atoms with E-state index in [1.54, 1.807) is 49.6 Å². The van der Waals surface area contributed by atoms with Crippen molar-refractivity contribution in [3.05, 3.63) is 93.5 Å². The zero-order valence-electron chi connectivity index (χ0n) is 19.0. The third kappa shape index (κ3) is 4.19. The lowest BCUT2D eigenvalue weighted by Gasteiger charge is -2.27. The van der Waals surface area contributed by atoms with Crippen LogP contribution in [0.3, 0.4) is 0 Å². The second kappa shape index (κ2) is 9.73. The molecular formula is C27H24BrNO5. The molecule has 0 aliphatic carbocycles. The number of ketones is 1. The van der Waals surface area contributed by atoms with Crippen LogP contribution in [0, 0.1) is 6.92 Å². The second-order valence-corrected chi connectivity index (χ2v) is 8.66. The molecule has 34 heavy (non-hydrogen) atoms. The van der Waals surface area contributed by atoms with Crippen molar-refractivity contribution in [3.63, 3.8) is 0 Å². The van der Waals surface area contributed by atoms with Gasteiger partial charge in [-0.3, -0.25) is 14.5 Å². The summed E-state index contributed by atoms with van der Waals surface area (Å²) in [6, 6.07) is 18.7. The van der Waals surface area contributed by atoms with E-state index in [1.165, 1.54) is 4.90 Å². The number of nitrogens with zero attached hydrogens (tertiary/aromatic N) is 1. The van der Waals surface area contributed by atoms with Crippen molar-refractivity contribution in [1.29, 1.82) is 0 Å². The monoisotopic (exact) mass is 521 g/mol. The summed E-state index contributed by atoms with van der Waals surface area (Å²) >= 11 is 3.42. The van der Waals surface area contributed by atoms with Crippen LogP contribution in [-0.4, -0.2) is 30.5 Å². The van der Waals surface area contributed by atoms with Crippen LogP contribution < -0.4 is 14.4 Å². The molecule has 1 saturated heterocycles. The number of Topliss-reactive ketones (excluding diaryl/α,β-unsaturated/α-hetero) is 1. The number of hydrogen-bond donors (Lipinski definition) is 1. The molecule has 0 bridgehead atoms. The molecule has 1 atom stereocenters. The number of amides is 1. The summed E-state index contributed by atoms with van der Waals surface area (Å²) in [4.78, 5) is 28.1. The van der Waals surface area contributed by atoms with Crippen molar-refractivity contribution in [1.82, 2.24) is 0 Å². The Morgan fingerprint density at radius 1 is 1.06 bits per heavy atom. The van der Waals surface area contributed by atoms with Gasteiger partial charge < -0.3 is 14.6 Å². The molecule has 1 aliphatic rings. The molecule has 1 unspecified atom stereocenters. The molecule has 1 aliphatic heterocycles.